The molecule has 0 radical (unpaired) electrons. The Labute approximate surface area is 84.9 Å². The third-order valence-corrected chi connectivity index (χ3v) is 2.60. The second kappa shape index (κ2) is 3.70. The van der Waals surface area contributed by atoms with Crippen molar-refractivity contribution in [2.24, 2.45) is 5.73 Å². The molecule has 0 aromatic heterocycles. The van der Waals surface area contributed by atoms with Gasteiger partial charge in [0.05, 0.1) is 0 Å². The Balaban J connectivity index is 2.28. The predicted octanol–water partition coefficient (Wildman–Crippen LogP) is 3.01. The van der Waals surface area contributed by atoms with E-state index < -0.39 is 0 Å². The summed E-state index contributed by atoms with van der Waals surface area (Å²) < 4.78 is 0. The van der Waals surface area contributed by atoms with E-state index in [1.807, 2.05) is 6.08 Å². The van der Waals surface area contributed by atoms with E-state index in [1.54, 1.807) is 0 Å². The molecule has 0 atom stereocenters. The van der Waals surface area contributed by atoms with Gasteiger partial charge in [0.1, 0.15) is 0 Å². The average molecular weight is 185 g/mol. The van der Waals surface area contributed by atoms with E-state index in [1.165, 1.54) is 16.7 Å². The third kappa shape index (κ3) is 1.87. The van der Waals surface area contributed by atoms with E-state index in [4.69, 9.17) is 5.73 Å². The number of aryl methyl sites for hydroxylation is 1. The molecule has 1 heteroatoms. The van der Waals surface area contributed by atoms with Crippen molar-refractivity contribution in [3.05, 3.63) is 53.2 Å². The summed E-state index contributed by atoms with van der Waals surface area (Å²) in [5, 5.41) is 0. The van der Waals surface area contributed by atoms with Crippen molar-refractivity contribution >= 4 is 5.57 Å². The van der Waals surface area contributed by atoms with Crippen LogP contribution in [0.3, 0.4) is 0 Å². The Morgan fingerprint density at radius 1 is 1.00 bits per heavy atom. The van der Waals surface area contributed by atoms with Gasteiger partial charge in [0, 0.05) is 5.70 Å². The highest BCUT2D eigenvalue weighted by molar-refractivity contribution is 5.68. The molecule has 1 aliphatic carbocycles. The number of allylic oxidation sites excluding steroid dienone is 4. The van der Waals surface area contributed by atoms with Crippen LogP contribution in [-0.4, -0.2) is 0 Å². The van der Waals surface area contributed by atoms with Crippen molar-refractivity contribution in [3.8, 4) is 0 Å². The molecule has 1 aromatic rings. The first-order valence-electron chi connectivity index (χ1n) is 4.98. The first-order valence-corrected chi connectivity index (χ1v) is 4.98. The van der Waals surface area contributed by atoms with Crippen LogP contribution in [0.5, 0.6) is 0 Å². The Hall–Kier alpha value is -1.50. The molecule has 0 saturated heterocycles. The van der Waals surface area contributed by atoms with Gasteiger partial charge in [-0.05, 0) is 37.0 Å². The first-order chi connectivity index (χ1) is 6.75. The van der Waals surface area contributed by atoms with Gasteiger partial charge in [-0.15, -0.1) is 0 Å². The van der Waals surface area contributed by atoms with Gasteiger partial charge < -0.3 is 5.73 Å². The maximum atomic E-state index is 5.72. The van der Waals surface area contributed by atoms with E-state index in [0.717, 1.165) is 18.5 Å². The topological polar surface area (TPSA) is 26.0 Å². The van der Waals surface area contributed by atoms with Gasteiger partial charge in [-0.1, -0.05) is 35.9 Å². The van der Waals surface area contributed by atoms with Crippen LogP contribution in [0.25, 0.3) is 5.57 Å². The molecule has 0 heterocycles. The lowest BCUT2D eigenvalue weighted by atomic mass is 9.95. The van der Waals surface area contributed by atoms with Gasteiger partial charge in [0.2, 0.25) is 0 Å². The van der Waals surface area contributed by atoms with Gasteiger partial charge in [-0.2, -0.15) is 0 Å². The van der Waals surface area contributed by atoms with Crippen LogP contribution in [0.1, 0.15) is 24.0 Å². The fourth-order valence-electron chi connectivity index (χ4n) is 1.66. The summed E-state index contributed by atoms with van der Waals surface area (Å²) in [5.74, 6) is 0. The summed E-state index contributed by atoms with van der Waals surface area (Å²) in [6.07, 6.45) is 6.19. The maximum Gasteiger partial charge on any atom is 0.00839 e. The largest absolute Gasteiger partial charge is 0.402 e. The van der Waals surface area contributed by atoms with Crippen LogP contribution < -0.4 is 5.73 Å². The molecule has 0 aliphatic heterocycles. The van der Waals surface area contributed by atoms with Gasteiger partial charge >= 0.3 is 0 Å². The average Bonchev–Trinajstić information content (AvgIpc) is 2.21. The minimum absolute atomic E-state index is 0.986. The highest BCUT2D eigenvalue weighted by atomic mass is 14.6. The predicted molar refractivity (Wildman–Crippen MR) is 60.7 cm³/mol. The van der Waals surface area contributed by atoms with E-state index in [9.17, 15) is 0 Å². The lowest BCUT2D eigenvalue weighted by Crippen LogP contribution is -2.01. The highest BCUT2D eigenvalue weighted by Gasteiger charge is 2.05. The fourth-order valence-corrected chi connectivity index (χ4v) is 1.66. The lowest BCUT2D eigenvalue weighted by molar-refractivity contribution is 0.958. The van der Waals surface area contributed by atoms with Crippen LogP contribution in [-0.2, 0) is 0 Å². The maximum absolute atomic E-state index is 5.72. The first kappa shape index (κ1) is 9.07. The highest BCUT2D eigenvalue weighted by Crippen LogP contribution is 2.24. The standard InChI is InChI=1S/C13H15N/c1-10-2-4-11(5-3-10)12-6-8-13(14)9-7-12/h2-6,8H,7,9,14H2,1H3. The van der Waals surface area contributed by atoms with E-state index in [-0.39, 0.29) is 0 Å². The summed E-state index contributed by atoms with van der Waals surface area (Å²) in [4.78, 5) is 0. The minimum atomic E-state index is 0.986. The van der Waals surface area contributed by atoms with Crippen molar-refractivity contribution in [2.45, 2.75) is 19.8 Å². The van der Waals surface area contributed by atoms with Crippen molar-refractivity contribution < 1.29 is 0 Å². The summed E-state index contributed by atoms with van der Waals surface area (Å²) in [6, 6.07) is 8.66. The lowest BCUT2D eigenvalue weighted by Gasteiger charge is -2.12. The second-order valence-corrected chi connectivity index (χ2v) is 3.80. The molecule has 0 amide bonds. The number of nitrogens with two attached hydrogens (primary N) is 1. The number of benzene rings is 1. The number of hydrogen-bond acceptors (Lipinski definition) is 1. The fraction of sp³-hybridized carbons (Fsp3) is 0.231. The number of hydrogen-bond donors (Lipinski definition) is 1. The van der Waals surface area contributed by atoms with Crippen molar-refractivity contribution in [3.63, 3.8) is 0 Å². The molecule has 1 aromatic carbocycles. The molecule has 0 bridgehead atoms. The zero-order valence-electron chi connectivity index (χ0n) is 8.46. The SMILES string of the molecule is Cc1ccc(C2=CC=C(N)CC2)cc1. The monoisotopic (exact) mass is 185 g/mol. The molecule has 2 N–H and O–H groups in total. The Morgan fingerprint density at radius 3 is 2.29 bits per heavy atom. The van der Waals surface area contributed by atoms with Gasteiger partial charge in [-0.25, -0.2) is 0 Å². The van der Waals surface area contributed by atoms with Gasteiger partial charge in [0.25, 0.3) is 0 Å². The van der Waals surface area contributed by atoms with Crippen LogP contribution in [0.4, 0.5) is 0 Å². The van der Waals surface area contributed by atoms with Crippen molar-refractivity contribution in [2.75, 3.05) is 0 Å². The van der Waals surface area contributed by atoms with Crippen LogP contribution in [0, 0.1) is 6.92 Å². The molecule has 1 aliphatic rings. The number of rotatable bonds is 1. The van der Waals surface area contributed by atoms with Crippen molar-refractivity contribution in [1.29, 1.82) is 0 Å². The van der Waals surface area contributed by atoms with Gasteiger partial charge in [-0.3, -0.25) is 0 Å². The van der Waals surface area contributed by atoms with Gasteiger partial charge in [0.15, 0.2) is 0 Å². The van der Waals surface area contributed by atoms with E-state index in [0.29, 0.717) is 0 Å². The third-order valence-electron chi connectivity index (χ3n) is 2.60. The molecule has 0 spiro atoms. The molecule has 72 valence electrons. The summed E-state index contributed by atoms with van der Waals surface area (Å²) in [6.45, 7) is 2.11. The summed E-state index contributed by atoms with van der Waals surface area (Å²) >= 11 is 0. The quantitative estimate of drug-likeness (QED) is 0.715. The van der Waals surface area contributed by atoms with Crippen LogP contribution >= 0.6 is 0 Å². The molecule has 1 nitrogen and oxygen atoms in total. The molecule has 14 heavy (non-hydrogen) atoms. The summed E-state index contributed by atoms with van der Waals surface area (Å²) in [5.41, 5.74) is 10.7. The Morgan fingerprint density at radius 2 is 1.71 bits per heavy atom. The zero-order chi connectivity index (χ0) is 9.97. The molecule has 0 fully saturated rings. The van der Waals surface area contributed by atoms with Crippen LogP contribution in [0.2, 0.25) is 0 Å². The molecule has 0 saturated carbocycles. The minimum Gasteiger partial charge on any atom is -0.402 e. The Bertz CT molecular complexity index is 382. The smallest absolute Gasteiger partial charge is 0.00839 e. The second-order valence-electron chi connectivity index (χ2n) is 3.80. The normalized spacial score (nSPS) is 16.1. The Kier molecular flexibility index (Phi) is 2.40. The molecular formula is C13H15N. The van der Waals surface area contributed by atoms with E-state index in [2.05, 4.69) is 37.3 Å². The summed E-state index contributed by atoms with van der Waals surface area (Å²) in [7, 11) is 0. The molecule has 0 unspecified atom stereocenters. The zero-order valence-corrected chi connectivity index (χ0v) is 8.46. The van der Waals surface area contributed by atoms with Crippen LogP contribution in [0.15, 0.2) is 42.1 Å². The van der Waals surface area contributed by atoms with E-state index >= 15 is 0 Å². The molecule has 2 rings (SSSR count). The van der Waals surface area contributed by atoms with Crippen molar-refractivity contribution in [1.82, 2.24) is 0 Å². The molecular weight excluding hydrogens is 170 g/mol.